The Labute approximate surface area is 131 Å². The predicted molar refractivity (Wildman–Crippen MR) is 80.3 cm³/mol. The molecule has 0 N–H and O–H groups in total. The van der Waals surface area contributed by atoms with Crippen LogP contribution in [0.3, 0.4) is 0 Å². The van der Waals surface area contributed by atoms with E-state index in [4.69, 9.17) is 4.74 Å². The summed E-state index contributed by atoms with van der Waals surface area (Å²) in [4.78, 5) is 4.30. The fraction of sp³-hybridized carbons (Fsp3) is 0.278. The van der Waals surface area contributed by atoms with Gasteiger partial charge in [0, 0.05) is 11.1 Å². The molecule has 1 spiro atoms. The van der Waals surface area contributed by atoms with Crippen molar-refractivity contribution in [2.45, 2.75) is 18.2 Å². The number of benzene rings is 2. The third kappa shape index (κ3) is 2.14. The van der Waals surface area contributed by atoms with E-state index in [0.717, 1.165) is 0 Å². The first kappa shape index (κ1) is 14.3. The van der Waals surface area contributed by atoms with Crippen LogP contribution in [-0.4, -0.2) is 18.6 Å². The maximum Gasteiger partial charge on any atom is 0.396 e. The van der Waals surface area contributed by atoms with E-state index in [9.17, 15) is 13.2 Å². The summed E-state index contributed by atoms with van der Waals surface area (Å²) in [5, 5.41) is 0. The molecule has 0 amide bonds. The molecule has 5 heteroatoms. The Bertz CT molecular complexity index is 769. The molecule has 0 unspecified atom stereocenters. The lowest BCUT2D eigenvalue weighted by molar-refractivity contribution is -0.215. The summed E-state index contributed by atoms with van der Waals surface area (Å²) in [5.41, 5.74) is 0.575. The largest absolute Gasteiger partial charge is 0.463 e. The lowest BCUT2D eigenvalue weighted by atomic mass is 9.87. The summed E-state index contributed by atoms with van der Waals surface area (Å²) in [6, 6.07) is 16.0. The van der Waals surface area contributed by atoms with Gasteiger partial charge in [-0.2, -0.15) is 13.2 Å². The van der Waals surface area contributed by atoms with Gasteiger partial charge in [0.25, 0.3) is 0 Å². The molecule has 118 valence electrons. The zero-order valence-corrected chi connectivity index (χ0v) is 12.2. The SMILES string of the molecule is FC(F)(F)[C@H]1Cc2ccccc2[C@@]12CN=C(c1ccccc1)O2. The molecule has 0 radical (unpaired) electrons. The van der Waals surface area contributed by atoms with Crippen LogP contribution in [-0.2, 0) is 16.8 Å². The molecule has 0 aromatic heterocycles. The Morgan fingerprint density at radius 3 is 2.43 bits per heavy atom. The predicted octanol–water partition coefficient (Wildman–Crippen LogP) is 4.09. The van der Waals surface area contributed by atoms with Crippen molar-refractivity contribution in [2.24, 2.45) is 10.9 Å². The summed E-state index contributed by atoms with van der Waals surface area (Å²) in [7, 11) is 0. The van der Waals surface area contributed by atoms with Gasteiger partial charge in [-0.25, -0.2) is 4.99 Å². The molecule has 2 aliphatic rings. The van der Waals surface area contributed by atoms with Crippen LogP contribution in [0, 0.1) is 5.92 Å². The zero-order chi connectivity index (χ0) is 16.1. The van der Waals surface area contributed by atoms with Crippen molar-refractivity contribution in [3.8, 4) is 0 Å². The van der Waals surface area contributed by atoms with Gasteiger partial charge >= 0.3 is 6.18 Å². The smallest absolute Gasteiger partial charge is 0.396 e. The molecular formula is C18H14F3NO. The van der Waals surface area contributed by atoms with Crippen molar-refractivity contribution >= 4 is 5.90 Å². The normalized spacial score (nSPS) is 26.0. The van der Waals surface area contributed by atoms with Crippen LogP contribution in [0.5, 0.6) is 0 Å². The highest BCUT2D eigenvalue weighted by Gasteiger charge is 2.62. The van der Waals surface area contributed by atoms with Crippen LogP contribution in [0.1, 0.15) is 16.7 Å². The van der Waals surface area contributed by atoms with Crippen molar-refractivity contribution in [1.82, 2.24) is 0 Å². The molecule has 1 aliphatic carbocycles. The van der Waals surface area contributed by atoms with E-state index >= 15 is 0 Å². The summed E-state index contributed by atoms with van der Waals surface area (Å²) < 4.78 is 46.8. The standard InChI is InChI=1S/C18H14F3NO/c19-18(20,21)15-10-13-8-4-5-9-14(13)17(15)11-22-16(23-17)12-6-2-1-3-7-12/h1-9,15H,10-11H2/t15-,17-/m0/s1. The quantitative estimate of drug-likeness (QED) is 0.776. The van der Waals surface area contributed by atoms with Gasteiger partial charge in [0.05, 0.1) is 6.54 Å². The topological polar surface area (TPSA) is 21.6 Å². The van der Waals surface area contributed by atoms with Crippen LogP contribution >= 0.6 is 0 Å². The van der Waals surface area contributed by atoms with Crippen LogP contribution in [0.4, 0.5) is 13.2 Å². The van der Waals surface area contributed by atoms with Gasteiger partial charge < -0.3 is 4.74 Å². The maximum atomic E-state index is 13.6. The second-order valence-corrected chi connectivity index (χ2v) is 5.93. The van der Waals surface area contributed by atoms with Crippen molar-refractivity contribution in [3.05, 3.63) is 71.3 Å². The third-order valence-corrected chi connectivity index (χ3v) is 4.61. The summed E-state index contributed by atoms with van der Waals surface area (Å²) in [6.07, 6.45) is -4.39. The molecule has 2 aromatic rings. The van der Waals surface area contributed by atoms with Gasteiger partial charge in [-0.1, -0.05) is 42.5 Å². The first-order chi connectivity index (χ1) is 11.0. The van der Waals surface area contributed by atoms with Crippen LogP contribution in [0.25, 0.3) is 0 Å². The average Bonchev–Trinajstić information content (AvgIpc) is 3.12. The molecule has 2 nitrogen and oxygen atoms in total. The van der Waals surface area contributed by atoms with Gasteiger partial charge in [-0.05, 0) is 24.1 Å². The monoisotopic (exact) mass is 317 g/mol. The number of fused-ring (bicyclic) bond motifs is 2. The minimum atomic E-state index is -4.33. The van der Waals surface area contributed by atoms with E-state index in [1.54, 1.807) is 36.4 Å². The highest BCUT2D eigenvalue weighted by molar-refractivity contribution is 5.95. The number of nitrogens with zero attached hydrogens (tertiary/aromatic N) is 1. The zero-order valence-electron chi connectivity index (χ0n) is 12.2. The van der Waals surface area contributed by atoms with Crippen LogP contribution < -0.4 is 0 Å². The molecule has 1 aliphatic heterocycles. The molecule has 4 rings (SSSR count). The Morgan fingerprint density at radius 2 is 1.70 bits per heavy atom. The minimum Gasteiger partial charge on any atom is -0.463 e. The third-order valence-electron chi connectivity index (χ3n) is 4.61. The fourth-order valence-corrected chi connectivity index (χ4v) is 3.54. The van der Waals surface area contributed by atoms with Crippen molar-refractivity contribution in [3.63, 3.8) is 0 Å². The number of ether oxygens (including phenoxy) is 1. The van der Waals surface area contributed by atoms with Crippen molar-refractivity contribution in [1.29, 1.82) is 0 Å². The number of hydrogen-bond donors (Lipinski definition) is 0. The second-order valence-electron chi connectivity index (χ2n) is 5.93. The molecular weight excluding hydrogens is 303 g/mol. The molecule has 0 bridgehead atoms. The van der Waals surface area contributed by atoms with Gasteiger partial charge in [0.1, 0.15) is 5.92 Å². The van der Waals surface area contributed by atoms with E-state index in [-0.39, 0.29) is 18.9 Å². The van der Waals surface area contributed by atoms with E-state index in [1.165, 1.54) is 0 Å². The Morgan fingerprint density at radius 1 is 1.00 bits per heavy atom. The Balaban J connectivity index is 1.77. The van der Waals surface area contributed by atoms with Gasteiger partial charge in [0.2, 0.25) is 5.90 Å². The Kier molecular flexibility index (Phi) is 3.01. The molecule has 0 saturated heterocycles. The highest BCUT2D eigenvalue weighted by atomic mass is 19.4. The number of rotatable bonds is 1. The molecule has 1 heterocycles. The van der Waals surface area contributed by atoms with Crippen LogP contribution in [0.15, 0.2) is 59.6 Å². The lowest BCUT2D eigenvalue weighted by Crippen LogP contribution is -2.43. The summed E-state index contributed by atoms with van der Waals surface area (Å²) in [6.45, 7) is -0.00157. The number of hydrogen-bond acceptors (Lipinski definition) is 2. The molecule has 0 fully saturated rings. The molecule has 23 heavy (non-hydrogen) atoms. The van der Waals surface area contributed by atoms with Crippen LogP contribution in [0.2, 0.25) is 0 Å². The minimum absolute atomic E-state index is 0.00157. The van der Waals surface area contributed by atoms with E-state index in [0.29, 0.717) is 16.7 Å². The number of aliphatic imine (C=N–C) groups is 1. The molecule has 2 atom stereocenters. The van der Waals surface area contributed by atoms with Gasteiger partial charge in [-0.15, -0.1) is 0 Å². The first-order valence-corrected chi connectivity index (χ1v) is 7.45. The number of halogens is 3. The highest BCUT2D eigenvalue weighted by Crippen LogP contribution is 2.53. The maximum absolute atomic E-state index is 13.6. The van der Waals surface area contributed by atoms with E-state index < -0.39 is 17.7 Å². The lowest BCUT2D eigenvalue weighted by Gasteiger charge is -2.32. The molecule has 0 saturated carbocycles. The van der Waals surface area contributed by atoms with Gasteiger partial charge in [0.15, 0.2) is 5.60 Å². The van der Waals surface area contributed by atoms with Crippen molar-refractivity contribution < 1.29 is 17.9 Å². The second kappa shape index (κ2) is 4.85. The fourth-order valence-electron chi connectivity index (χ4n) is 3.54. The Hall–Kier alpha value is -2.30. The van der Waals surface area contributed by atoms with E-state index in [1.807, 2.05) is 18.2 Å². The number of alkyl halides is 3. The first-order valence-electron chi connectivity index (χ1n) is 7.45. The van der Waals surface area contributed by atoms with Crippen molar-refractivity contribution in [2.75, 3.05) is 6.54 Å². The average molecular weight is 317 g/mol. The van der Waals surface area contributed by atoms with Gasteiger partial charge in [-0.3, -0.25) is 0 Å². The summed E-state index contributed by atoms with van der Waals surface area (Å²) in [5.74, 6) is -1.28. The summed E-state index contributed by atoms with van der Waals surface area (Å²) >= 11 is 0. The van der Waals surface area contributed by atoms with E-state index in [2.05, 4.69) is 4.99 Å². The molecule has 2 aromatic carbocycles.